The van der Waals surface area contributed by atoms with E-state index in [1.807, 2.05) is 24.3 Å². The van der Waals surface area contributed by atoms with Crippen molar-refractivity contribution < 1.29 is 4.42 Å². The molecule has 0 spiro atoms. The Morgan fingerprint density at radius 1 is 0.778 bits per heavy atom. The van der Waals surface area contributed by atoms with Gasteiger partial charge >= 0.3 is 0 Å². The van der Waals surface area contributed by atoms with Crippen LogP contribution in [-0.4, -0.2) is 0 Å². The van der Waals surface area contributed by atoms with Crippen molar-refractivity contribution in [1.82, 2.24) is 0 Å². The molecule has 4 rings (SSSR count). The van der Waals surface area contributed by atoms with Gasteiger partial charge in [-0.15, -0.1) is 0 Å². The molecule has 0 atom stereocenters. The zero-order valence-electron chi connectivity index (χ0n) is 9.48. The van der Waals surface area contributed by atoms with Gasteiger partial charge in [0.1, 0.15) is 11.2 Å². The molecule has 18 heavy (non-hydrogen) atoms. The van der Waals surface area contributed by atoms with Crippen LogP contribution in [0, 0.1) is 0 Å². The molecule has 0 bridgehead atoms. The summed E-state index contributed by atoms with van der Waals surface area (Å²) in [6, 6.07) is 18.7. The van der Waals surface area contributed by atoms with Crippen LogP contribution in [0.5, 0.6) is 0 Å². The number of rotatable bonds is 0. The van der Waals surface area contributed by atoms with Crippen molar-refractivity contribution in [3.8, 4) is 0 Å². The van der Waals surface area contributed by atoms with Crippen molar-refractivity contribution in [1.29, 1.82) is 0 Å². The van der Waals surface area contributed by atoms with Crippen LogP contribution >= 0.6 is 15.9 Å². The van der Waals surface area contributed by atoms with Crippen LogP contribution < -0.4 is 0 Å². The van der Waals surface area contributed by atoms with Crippen molar-refractivity contribution in [2.24, 2.45) is 0 Å². The molecule has 0 saturated heterocycles. The lowest BCUT2D eigenvalue weighted by Gasteiger charge is -1.97. The SMILES string of the molecule is Brc1ccc2oc3c4ccccc4ccc3c2c1. The molecular formula is C16H9BrO. The van der Waals surface area contributed by atoms with Gasteiger partial charge in [-0.3, -0.25) is 0 Å². The Morgan fingerprint density at radius 3 is 2.61 bits per heavy atom. The van der Waals surface area contributed by atoms with Crippen LogP contribution in [0.15, 0.2) is 63.5 Å². The fourth-order valence-electron chi connectivity index (χ4n) is 2.48. The number of fused-ring (bicyclic) bond motifs is 5. The minimum absolute atomic E-state index is 0.935. The highest BCUT2D eigenvalue weighted by molar-refractivity contribution is 9.10. The third-order valence-corrected chi connectivity index (χ3v) is 3.82. The Hall–Kier alpha value is -1.80. The molecule has 1 nitrogen and oxygen atoms in total. The second-order valence-corrected chi connectivity index (χ2v) is 5.32. The van der Waals surface area contributed by atoms with E-state index in [2.05, 4.69) is 46.3 Å². The molecule has 0 fully saturated rings. The van der Waals surface area contributed by atoms with Gasteiger partial charge in [-0.05, 0) is 29.7 Å². The van der Waals surface area contributed by atoms with E-state index >= 15 is 0 Å². The third-order valence-electron chi connectivity index (χ3n) is 3.32. The van der Waals surface area contributed by atoms with Gasteiger partial charge in [0.05, 0.1) is 0 Å². The van der Waals surface area contributed by atoms with Crippen molar-refractivity contribution in [2.45, 2.75) is 0 Å². The number of hydrogen-bond donors (Lipinski definition) is 0. The zero-order chi connectivity index (χ0) is 12.1. The molecule has 0 saturated carbocycles. The first-order valence-electron chi connectivity index (χ1n) is 5.82. The van der Waals surface area contributed by atoms with E-state index in [0.29, 0.717) is 0 Å². The lowest BCUT2D eigenvalue weighted by Crippen LogP contribution is -1.72. The first-order chi connectivity index (χ1) is 8.83. The van der Waals surface area contributed by atoms with Crippen LogP contribution in [0.25, 0.3) is 32.7 Å². The summed E-state index contributed by atoms with van der Waals surface area (Å²) in [6.07, 6.45) is 0. The smallest absolute Gasteiger partial charge is 0.143 e. The van der Waals surface area contributed by atoms with Gasteiger partial charge in [0, 0.05) is 20.6 Å². The van der Waals surface area contributed by atoms with Gasteiger partial charge in [-0.25, -0.2) is 0 Å². The van der Waals surface area contributed by atoms with Crippen LogP contribution in [-0.2, 0) is 0 Å². The van der Waals surface area contributed by atoms with Gasteiger partial charge in [-0.2, -0.15) is 0 Å². The van der Waals surface area contributed by atoms with Crippen LogP contribution in [0.4, 0.5) is 0 Å². The van der Waals surface area contributed by atoms with E-state index in [9.17, 15) is 0 Å². The summed E-state index contributed by atoms with van der Waals surface area (Å²) in [5.41, 5.74) is 1.91. The molecule has 0 aliphatic carbocycles. The molecule has 2 heteroatoms. The maximum atomic E-state index is 6.00. The molecule has 4 aromatic rings. The summed E-state index contributed by atoms with van der Waals surface area (Å²) in [5, 5.41) is 4.71. The number of hydrogen-bond acceptors (Lipinski definition) is 1. The second-order valence-electron chi connectivity index (χ2n) is 4.41. The van der Waals surface area contributed by atoms with Crippen LogP contribution in [0.2, 0.25) is 0 Å². The minimum atomic E-state index is 0.935. The van der Waals surface area contributed by atoms with E-state index in [1.165, 1.54) is 16.2 Å². The van der Waals surface area contributed by atoms with Crippen LogP contribution in [0.3, 0.4) is 0 Å². The largest absolute Gasteiger partial charge is 0.455 e. The molecule has 0 aliphatic rings. The molecule has 0 radical (unpaired) electrons. The van der Waals surface area contributed by atoms with Gasteiger partial charge in [-0.1, -0.05) is 46.3 Å². The summed E-state index contributed by atoms with van der Waals surface area (Å²) in [6.45, 7) is 0. The second kappa shape index (κ2) is 3.59. The van der Waals surface area contributed by atoms with Crippen molar-refractivity contribution in [3.63, 3.8) is 0 Å². The summed E-state index contributed by atoms with van der Waals surface area (Å²) in [4.78, 5) is 0. The number of halogens is 1. The molecule has 0 amide bonds. The highest BCUT2D eigenvalue weighted by Crippen LogP contribution is 2.34. The molecule has 0 aliphatic heterocycles. The lowest BCUT2D eigenvalue weighted by atomic mass is 10.1. The molecule has 1 aromatic heterocycles. The van der Waals surface area contributed by atoms with Crippen molar-refractivity contribution >= 4 is 48.6 Å². The van der Waals surface area contributed by atoms with E-state index in [-0.39, 0.29) is 0 Å². The van der Waals surface area contributed by atoms with E-state index in [4.69, 9.17) is 4.42 Å². The monoisotopic (exact) mass is 296 g/mol. The fourth-order valence-corrected chi connectivity index (χ4v) is 2.84. The predicted molar refractivity (Wildman–Crippen MR) is 78.9 cm³/mol. The minimum Gasteiger partial charge on any atom is -0.455 e. The Labute approximate surface area is 112 Å². The summed E-state index contributed by atoms with van der Waals surface area (Å²) < 4.78 is 7.07. The van der Waals surface area contributed by atoms with E-state index in [0.717, 1.165) is 21.0 Å². The van der Waals surface area contributed by atoms with Crippen molar-refractivity contribution in [3.05, 3.63) is 59.1 Å². The summed E-state index contributed by atoms with van der Waals surface area (Å²) in [5.74, 6) is 0. The van der Waals surface area contributed by atoms with E-state index in [1.54, 1.807) is 0 Å². The highest BCUT2D eigenvalue weighted by atomic mass is 79.9. The zero-order valence-corrected chi connectivity index (χ0v) is 11.1. The third kappa shape index (κ3) is 1.33. The van der Waals surface area contributed by atoms with Gasteiger partial charge in [0.25, 0.3) is 0 Å². The standard InChI is InChI=1S/C16H9BrO/c17-11-6-8-15-14(9-11)13-7-5-10-3-1-2-4-12(10)16(13)18-15/h1-9H. The predicted octanol–water partition coefficient (Wildman–Crippen LogP) is 5.50. The average Bonchev–Trinajstić information content (AvgIpc) is 2.77. The average molecular weight is 297 g/mol. The molecule has 3 aromatic carbocycles. The Morgan fingerprint density at radius 2 is 1.67 bits per heavy atom. The first kappa shape index (κ1) is 10.2. The number of furan rings is 1. The fraction of sp³-hybridized carbons (Fsp3) is 0. The van der Waals surface area contributed by atoms with Gasteiger partial charge in [0.15, 0.2) is 0 Å². The van der Waals surface area contributed by atoms with Gasteiger partial charge < -0.3 is 4.42 Å². The van der Waals surface area contributed by atoms with Crippen molar-refractivity contribution in [2.75, 3.05) is 0 Å². The maximum absolute atomic E-state index is 6.00. The number of benzene rings is 3. The molecule has 86 valence electrons. The Bertz CT molecular complexity index is 889. The molecule has 0 N–H and O–H groups in total. The molecule has 1 heterocycles. The van der Waals surface area contributed by atoms with Crippen LogP contribution in [0.1, 0.15) is 0 Å². The molecule has 0 unspecified atom stereocenters. The summed E-state index contributed by atoms with van der Waals surface area (Å²) >= 11 is 3.51. The first-order valence-corrected chi connectivity index (χ1v) is 6.62. The summed E-state index contributed by atoms with van der Waals surface area (Å²) in [7, 11) is 0. The van der Waals surface area contributed by atoms with E-state index < -0.39 is 0 Å². The van der Waals surface area contributed by atoms with Gasteiger partial charge in [0.2, 0.25) is 0 Å². The lowest BCUT2D eigenvalue weighted by molar-refractivity contribution is 0.672. The highest BCUT2D eigenvalue weighted by Gasteiger charge is 2.09. The molecular weight excluding hydrogens is 288 g/mol. The maximum Gasteiger partial charge on any atom is 0.143 e. The quantitative estimate of drug-likeness (QED) is 0.417. The normalized spacial score (nSPS) is 11.6. The Balaban J connectivity index is 2.30. The topological polar surface area (TPSA) is 13.1 Å². The Kier molecular flexibility index (Phi) is 2.03.